The highest BCUT2D eigenvalue weighted by atomic mass is 16.1. The van der Waals surface area contributed by atoms with Crippen molar-refractivity contribution in [3.05, 3.63) is 0 Å². The molecule has 0 radical (unpaired) electrons. The van der Waals surface area contributed by atoms with Crippen LogP contribution in [0.25, 0.3) is 0 Å². The van der Waals surface area contributed by atoms with Gasteiger partial charge in [0.2, 0.25) is 0 Å². The summed E-state index contributed by atoms with van der Waals surface area (Å²) < 4.78 is 0. The van der Waals surface area contributed by atoms with Crippen molar-refractivity contribution in [1.29, 1.82) is 0 Å². The third kappa shape index (κ3) is 7.03. The van der Waals surface area contributed by atoms with Crippen molar-refractivity contribution in [2.45, 2.75) is 27.2 Å². The van der Waals surface area contributed by atoms with Crippen molar-refractivity contribution in [2.24, 2.45) is 11.1 Å². The highest BCUT2D eigenvalue weighted by Gasteiger charge is 2.06. The molecule has 0 aromatic rings. The van der Waals surface area contributed by atoms with Crippen LogP contribution < -0.4 is 5.73 Å². The number of hydrogen-bond donors (Lipinski definition) is 1. The van der Waals surface area contributed by atoms with Crippen molar-refractivity contribution in [2.75, 3.05) is 0 Å². The lowest BCUT2D eigenvalue weighted by Gasteiger charge is -2.12. The highest BCUT2D eigenvalue weighted by Crippen LogP contribution is 2.16. The first-order valence-electron chi connectivity index (χ1n) is 3.20. The van der Waals surface area contributed by atoms with Gasteiger partial charge >= 0.3 is 0 Å². The number of amides is 1. The quantitative estimate of drug-likeness (QED) is 0.498. The fourth-order valence-corrected chi connectivity index (χ4v) is 0.396. The number of hydrogen-bond acceptors (Lipinski definition) is 1. The molecule has 0 saturated carbocycles. The van der Waals surface area contributed by atoms with Crippen LogP contribution in [0.2, 0.25) is 0 Å². The van der Waals surface area contributed by atoms with E-state index in [1.54, 1.807) is 0 Å². The summed E-state index contributed by atoms with van der Waals surface area (Å²) in [7, 11) is 0. The summed E-state index contributed by atoms with van der Waals surface area (Å²) in [5.74, 6) is 4.44. The van der Waals surface area contributed by atoms with Crippen LogP contribution in [0.5, 0.6) is 0 Å². The Hall–Kier alpha value is -0.970. The van der Waals surface area contributed by atoms with Crippen molar-refractivity contribution >= 4 is 5.91 Å². The molecule has 1 amide bonds. The Labute approximate surface area is 61.8 Å². The smallest absolute Gasteiger partial charge is 0.293 e. The zero-order chi connectivity index (χ0) is 8.20. The molecule has 10 heavy (non-hydrogen) atoms. The lowest BCUT2D eigenvalue weighted by Crippen LogP contribution is -2.07. The SMILES string of the molecule is CC(C)(C)CC#CC(N)=O. The van der Waals surface area contributed by atoms with Crippen LogP contribution in [-0.2, 0) is 4.79 Å². The average molecular weight is 139 g/mol. The molecule has 0 fully saturated rings. The minimum absolute atomic E-state index is 0.155. The second-order valence-corrected chi connectivity index (χ2v) is 3.40. The Balaban J connectivity index is 3.78. The van der Waals surface area contributed by atoms with Gasteiger partial charge in [-0.15, -0.1) is 0 Å². The summed E-state index contributed by atoms with van der Waals surface area (Å²) in [5, 5.41) is 0. The van der Waals surface area contributed by atoms with Crippen molar-refractivity contribution in [3.63, 3.8) is 0 Å². The summed E-state index contributed by atoms with van der Waals surface area (Å²) in [6.45, 7) is 6.17. The second kappa shape index (κ2) is 3.26. The van der Waals surface area contributed by atoms with Crippen molar-refractivity contribution in [1.82, 2.24) is 0 Å². The maximum Gasteiger partial charge on any atom is 0.293 e. The summed E-state index contributed by atoms with van der Waals surface area (Å²) in [6.07, 6.45) is 0.704. The van der Waals surface area contributed by atoms with Crippen LogP contribution >= 0.6 is 0 Å². The third-order valence-corrected chi connectivity index (χ3v) is 0.830. The summed E-state index contributed by atoms with van der Waals surface area (Å²) in [5.41, 5.74) is 4.96. The number of primary amides is 1. The van der Waals surface area contributed by atoms with Gasteiger partial charge in [0.15, 0.2) is 0 Å². The lowest BCUT2D eigenvalue weighted by atomic mass is 9.93. The molecule has 0 aliphatic heterocycles. The molecule has 0 aromatic carbocycles. The molecule has 0 aromatic heterocycles. The summed E-state index contributed by atoms with van der Waals surface area (Å²) in [4.78, 5) is 10.1. The number of carbonyl (C=O) groups is 1. The minimum atomic E-state index is -0.552. The zero-order valence-corrected chi connectivity index (χ0v) is 6.69. The molecule has 2 nitrogen and oxygen atoms in total. The minimum Gasteiger partial charge on any atom is -0.359 e. The van der Waals surface area contributed by atoms with Crippen LogP contribution in [0.3, 0.4) is 0 Å². The summed E-state index contributed by atoms with van der Waals surface area (Å²) >= 11 is 0. The fourth-order valence-electron chi connectivity index (χ4n) is 0.396. The maximum atomic E-state index is 10.1. The first kappa shape index (κ1) is 9.03. The third-order valence-electron chi connectivity index (χ3n) is 0.830. The number of carbonyl (C=O) groups excluding carboxylic acids is 1. The van der Waals surface area contributed by atoms with Gasteiger partial charge < -0.3 is 5.73 Å². The molecule has 0 rings (SSSR count). The van der Waals surface area contributed by atoms with Crippen LogP contribution in [0, 0.1) is 17.3 Å². The molecular weight excluding hydrogens is 126 g/mol. The van der Waals surface area contributed by atoms with E-state index >= 15 is 0 Å². The Kier molecular flexibility index (Phi) is 2.95. The molecule has 0 bridgehead atoms. The van der Waals surface area contributed by atoms with Gasteiger partial charge in [0, 0.05) is 6.42 Å². The largest absolute Gasteiger partial charge is 0.359 e. The molecule has 0 heterocycles. The zero-order valence-electron chi connectivity index (χ0n) is 6.69. The van der Waals surface area contributed by atoms with E-state index in [0.717, 1.165) is 0 Å². The predicted octanol–water partition coefficient (Wildman–Crippen LogP) is 0.911. The van der Waals surface area contributed by atoms with Gasteiger partial charge in [-0.1, -0.05) is 26.7 Å². The van der Waals surface area contributed by atoms with Gasteiger partial charge in [0.05, 0.1) is 0 Å². The highest BCUT2D eigenvalue weighted by molar-refractivity contribution is 5.91. The van der Waals surface area contributed by atoms with Crippen LogP contribution in [0.1, 0.15) is 27.2 Å². The van der Waals surface area contributed by atoms with Crippen LogP contribution in [-0.4, -0.2) is 5.91 Å². The lowest BCUT2D eigenvalue weighted by molar-refractivity contribution is -0.112. The van der Waals surface area contributed by atoms with E-state index in [0.29, 0.717) is 6.42 Å². The average Bonchev–Trinajstić information content (AvgIpc) is 1.59. The second-order valence-electron chi connectivity index (χ2n) is 3.40. The topological polar surface area (TPSA) is 43.1 Å². The van der Waals surface area contributed by atoms with Gasteiger partial charge in [-0.3, -0.25) is 4.79 Å². The molecule has 0 atom stereocenters. The standard InChI is InChI=1S/C8H13NO/c1-8(2,3)6-4-5-7(9)10/h6H2,1-3H3,(H2,9,10). The van der Waals surface area contributed by atoms with Crippen molar-refractivity contribution in [3.8, 4) is 11.8 Å². The Morgan fingerprint density at radius 2 is 2.00 bits per heavy atom. The van der Waals surface area contributed by atoms with Gasteiger partial charge in [0.1, 0.15) is 0 Å². The molecule has 0 saturated heterocycles. The Morgan fingerprint density at radius 1 is 1.50 bits per heavy atom. The van der Waals surface area contributed by atoms with E-state index in [4.69, 9.17) is 5.73 Å². The van der Waals surface area contributed by atoms with E-state index in [2.05, 4.69) is 32.6 Å². The molecular formula is C8H13NO. The molecule has 0 unspecified atom stereocenters. The van der Waals surface area contributed by atoms with E-state index in [1.165, 1.54) is 0 Å². The Morgan fingerprint density at radius 3 is 2.30 bits per heavy atom. The van der Waals surface area contributed by atoms with E-state index < -0.39 is 5.91 Å². The van der Waals surface area contributed by atoms with E-state index in [9.17, 15) is 4.79 Å². The molecule has 2 heteroatoms. The van der Waals surface area contributed by atoms with Gasteiger partial charge in [-0.05, 0) is 11.3 Å². The van der Waals surface area contributed by atoms with Gasteiger partial charge in [0.25, 0.3) is 5.91 Å². The normalized spacial score (nSPS) is 9.90. The van der Waals surface area contributed by atoms with Gasteiger partial charge in [-0.25, -0.2) is 0 Å². The molecule has 0 spiro atoms. The number of nitrogens with two attached hydrogens (primary N) is 1. The van der Waals surface area contributed by atoms with E-state index in [-0.39, 0.29) is 5.41 Å². The van der Waals surface area contributed by atoms with Crippen LogP contribution in [0.15, 0.2) is 0 Å². The molecule has 0 aliphatic carbocycles. The van der Waals surface area contributed by atoms with Gasteiger partial charge in [-0.2, -0.15) is 0 Å². The maximum absolute atomic E-state index is 10.1. The molecule has 2 N–H and O–H groups in total. The predicted molar refractivity (Wildman–Crippen MR) is 41.0 cm³/mol. The summed E-state index contributed by atoms with van der Waals surface area (Å²) in [6, 6.07) is 0. The first-order chi connectivity index (χ1) is 4.42. The number of rotatable bonds is 0. The monoisotopic (exact) mass is 139 g/mol. The van der Waals surface area contributed by atoms with Crippen LogP contribution in [0.4, 0.5) is 0 Å². The molecule has 56 valence electrons. The van der Waals surface area contributed by atoms with Crippen molar-refractivity contribution < 1.29 is 4.79 Å². The first-order valence-corrected chi connectivity index (χ1v) is 3.20. The Bertz CT molecular complexity index is 178. The molecule has 0 aliphatic rings. The fraction of sp³-hybridized carbons (Fsp3) is 0.625. The van der Waals surface area contributed by atoms with E-state index in [1.807, 2.05) is 0 Å².